The van der Waals surface area contributed by atoms with Gasteiger partial charge in [0.1, 0.15) is 0 Å². The fourth-order valence-corrected chi connectivity index (χ4v) is 2.85. The van der Waals surface area contributed by atoms with Gasteiger partial charge in [-0.2, -0.15) is 0 Å². The maximum Gasteiger partial charge on any atom is -0.0144 e. The monoisotopic (exact) mass is 220 g/mol. The third-order valence-electron chi connectivity index (χ3n) is 3.99. The van der Waals surface area contributed by atoms with Crippen LogP contribution >= 0.6 is 0 Å². The van der Waals surface area contributed by atoms with Gasteiger partial charge in [0.2, 0.25) is 0 Å². The standard InChI is InChI=1S/C16H28/c1-5-16(4,12-8-9-14(2)3)13-15-10-6-7-11-15/h5,9,15H,1,6-8,10-13H2,2-4H3. The molecule has 1 rings (SSSR count). The largest absolute Gasteiger partial charge is 0.103 e. The highest BCUT2D eigenvalue weighted by atomic mass is 14.3. The van der Waals surface area contributed by atoms with E-state index in [0.29, 0.717) is 5.41 Å². The first-order valence-electron chi connectivity index (χ1n) is 6.83. The number of hydrogen-bond acceptors (Lipinski definition) is 0. The Morgan fingerprint density at radius 1 is 1.31 bits per heavy atom. The molecule has 1 atom stereocenters. The molecule has 1 unspecified atom stereocenters. The van der Waals surface area contributed by atoms with Crippen molar-refractivity contribution >= 4 is 0 Å². The summed E-state index contributed by atoms with van der Waals surface area (Å²) in [6.45, 7) is 10.8. The predicted molar refractivity (Wildman–Crippen MR) is 73.5 cm³/mol. The van der Waals surface area contributed by atoms with Crippen LogP contribution in [-0.2, 0) is 0 Å². The molecule has 1 aliphatic carbocycles. The SMILES string of the molecule is C=CC(C)(CCC=C(C)C)CC1CCCC1. The summed E-state index contributed by atoms with van der Waals surface area (Å²) in [7, 11) is 0. The molecule has 0 amide bonds. The maximum absolute atomic E-state index is 4.05. The number of allylic oxidation sites excluding steroid dienone is 3. The molecular formula is C16H28. The van der Waals surface area contributed by atoms with Crippen LogP contribution in [0.5, 0.6) is 0 Å². The lowest BCUT2D eigenvalue weighted by molar-refractivity contribution is 0.291. The zero-order valence-corrected chi connectivity index (χ0v) is 11.4. The minimum Gasteiger partial charge on any atom is -0.103 e. The zero-order chi connectivity index (χ0) is 12.0. The Kier molecular flexibility index (Phi) is 5.31. The molecule has 1 aliphatic rings. The van der Waals surface area contributed by atoms with E-state index in [1.165, 1.54) is 50.5 Å². The van der Waals surface area contributed by atoms with E-state index in [9.17, 15) is 0 Å². The highest BCUT2D eigenvalue weighted by Gasteiger charge is 2.26. The van der Waals surface area contributed by atoms with Crippen LogP contribution in [0.1, 0.15) is 65.7 Å². The Morgan fingerprint density at radius 3 is 2.44 bits per heavy atom. The first-order valence-corrected chi connectivity index (χ1v) is 6.83. The molecule has 1 saturated carbocycles. The van der Waals surface area contributed by atoms with E-state index < -0.39 is 0 Å². The van der Waals surface area contributed by atoms with Gasteiger partial charge in [0.05, 0.1) is 0 Å². The summed E-state index contributed by atoms with van der Waals surface area (Å²) in [6, 6.07) is 0. The van der Waals surface area contributed by atoms with Gasteiger partial charge in [-0.3, -0.25) is 0 Å². The summed E-state index contributed by atoms with van der Waals surface area (Å²) in [5, 5.41) is 0. The van der Waals surface area contributed by atoms with E-state index in [2.05, 4.69) is 39.5 Å². The zero-order valence-electron chi connectivity index (χ0n) is 11.4. The minimum atomic E-state index is 0.362. The van der Waals surface area contributed by atoms with E-state index in [1.807, 2.05) is 0 Å². The molecule has 0 saturated heterocycles. The fraction of sp³-hybridized carbons (Fsp3) is 0.750. The molecule has 0 bridgehead atoms. The van der Waals surface area contributed by atoms with Gasteiger partial charge < -0.3 is 0 Å². The van der Waals surface area contributed by atoms with Crippen molar-refractivity contribution < 1.29 is 0 Å². The first-order chi connectivity index (χ1) is 7.56. The van der Waals surface area contributed by atoms with Gasteiger partial charge in [0.25, 0.3) is 0 Å². The van der Waals surface area contributed by atoms with Gasteiger partial charge in [-0.05, 0) is 44.4 Å². The molecule has 1 fully saturated rings. The van der Waals surface area contributed by atoms with Gasteiger partial charge >= 0.3 is 0 Å². The van der Waals surface area contributed by atoms with Crippen LogP contribution in [0.4, 0.5) is 0 Å². The molecule has 0 N–H and O–H groups in total. The lowest BCUT2D eigenvalue weighted by Gasteiger charge is -2.28. The maximum atomic E-state index is 4.05. The summed E-state index contributed by atoms with van der Waals surface area (Å²) in [5.74, 6) is 0.967. The second kappa shape index (κ2) is 6.27. The Balaban J connectivity index is 2.41. The van der Waals surface area contributed by atoms with Crippen molar-refractivity contribution in [2.75, 3.05) is 0 Å². The Labute approximate surface area is 102 Å². The van der Waals surface area contributed by atoms with E-state index in [4.69, 9.17) is 0 Å². The number of hydrogen-bond donors (Lipinski definition) is 0. The molecule has 0 aromatic carbocycles. The third kappa shape index (κ3) is 4.55. The van der Waals surface area contributed by atoms with Crippen LogP contribution in [0, 0.1) is 11.3 Å². The van der Waals surface area contributed by atoms with Crippen LogP contribution in [0.25, 0.3) is 0 Å². The van der Waals surface area contributed by atoms with Crippen molar-refractivity contribution in [1.29, 1.82) is 0 Å². The van der Waals surface area contributed by atoms with E-state index in [0.717, 1.165) is 5.92 Å². The lowest BCUT2D eigenvalue weighted by Crippen LogP contribution is -2.16. The summed E-state index contributed by atoms with van der Waals surface area (Å²) >= 11 is 0. The van der Waals surface area contributed by atoms with Gasteiger partial charge in [-0.15, -0.1) is 6.58 Å². The smallest absolute Gasteiger partial charge is 0.0144 e. The molecule has 0 heteroatoms. The van der Waals surface area contributed by atoms with Crippen LogP contribution < -0.4 is 0 Å². The lowest BCUT2D eigenvalue weighted by atomic mass is 9.77. The highest BCUT2D eigenvalue weighted by Crippen LogP contribution is 2.39. The molecule has 0 radical (unpaired) electrons. The molecule has 0 aromatic heterocycles. The molecule has 0 spiro atoms. The summed E-state index contributed by atoms with van der Waals surface area (Å²) in [5.41, 5.74) is 1.80. The molecule has 92 valence electrons. The average molecular weight is 220 g/mol. The normalized spacial score (nSPS) is 20.4. The Bertz CT molecular complexity index is 239. The molecule has 0 aliphatic heterocycles. The van der Waals surface area contributed by atoms with Crippen molar-refractivity contribution in [1.82, 2.24) is 0 Å². The van der Waals surface area contributed by atoms with E-state index in [-0.39, 0.29) is 0 Å². The van der Waals surface area contributed by atoms with Crippen molar-refractivity contribution in [3.63, 3.8) is 0 Å². The minimum absolute atomic E-state index is 0.362. The van der Waals surface area contributed by atoms with Crippen molar-refractivity contribution in [3.05, 3.63) is 24.3 Å². The first kappa shape index (κ1) is 13.5. The van der Waals surface area contributed by atoms with Crippen LogP contribution in [0.15, 0.2) is 24.3 Å². The molecular weight excluding hydrogens is 192 g/mol. The summed E-state index contributed by atoms with van der Waals surface area (Å²) in [4.78, 5) is 0. The molecule has 0 nitrogen and oxygen atoms in total. The quantitative estimate of drug-likeness (QED) is 0.518. The van der Waals surface area contributed by atoms with Gasteiger partial charge in [0, 0.05) is 0 Å². The third-order valence-corrected chi connectivity index (χ3v) is 3.99. The Hall–Kier alpha value is -0.520. The second-order valence-corrected chi connectivity index (χ2v) is 6.03. The van der Waals surface area contributed by atoms with Crippen LogP contribution in [0.2, 0.25) is 0 Å². The van der Waals surface area contributed by atoms with E-state index >= 15 is 0 Å². The fourth-order valence-electron chi connectivity index (χ4n) is 2.85. The van der Waals surface area contributed by atoms with Gasteiger partial charge in [-0.25, -0.2) is 0 Å². The van der Waals surface area contributed by atoms with Gasteiger partial charge in [-0.1, -0.05) is 50.3 Å². The van der Waals surface area contributed by atoms with Crippen molar-refractivity contribution in [2.24, 2.45) is 11.3 Å². The van der Waals surface area contributed by atoms with Crippen LogP contribution in [0.3, 0.4) is 0 Å². The predicted octanol–water partition coefficient (Wildman–Crippen LogP) is 5.51. The second-order valence-electron chi connectivity index (χ2n) is 6.03. The average Bonchev–Trinajstić information content (AvgIpc) is 2.69. The summed E-state index contributed by atoms with van der Waals surface area (Å²) in [6.07, 6.45) is 14.2. The van der Waals surface area contributed by atoms with E-state index in [1.54, 1.807) is 0 Å². The van der Waals surface area contributed by atoms with Gasteiger partial charge in [0.15, 0.2) is 0 Å². The Morgan fingerprint density at radius 2 is 1.94 bits per heavy atom. The highest BCUT2D eigenvalue weighted by molar-refractivity contribution is 4.98. The molecule has 0 heterocycles. The summed E-state index contributed by atoms with van der Waals surface area (Å²) < 4.78 is 0. The van der Waals surface area contributed by atoms with Crippen molar-refractivity contribution in [3.8, 4) is 0 Å². The van der Waals surface area contributed by atoms with Crippen LogP contribution in [-0.4, -0.2) is 0 Å². The topological polar surface area (TPSA) is 0 Å². The van der Waals surface area contributed by atoms with Crippen molar-refractivity contribution in [2.45, 2.75) is 65.7 Å². The molecule has 0 aromatic rings. The molecule has 16 heavy (non-hydrogen) atoms. The number of rotatable bonds is 6.